The van der Waals surface area contributed by atoms with E-state index in [1.165, 1.54) is 16.7 Å². The van der Waals surface area contributed by atoms with Gasteiger partial charge in [-0.3, -0.25) is 9.69 Å². The Hall–Kier alpha value is -3.05. The van der Waals surface area contributed by atoms with Gasteiger partial charge in [0, 0.05) is 39.3 Å². The van der Waals surface area contributed by atoms with Crippen LogP contribution in [0.5, 0.6) is 0 Å². The molecule has 1 amide bonds. The molecule has 1 aromatic heterocycles. The van der Waals surface area contributed by atoms with E-state index in [4.69, 9.17) is 4.98 Å². The molecule has 31 heavy (non-hydrogen) atoms. The molecule has 0 spiro atoms. The van der Waals surface area contributed by atoms with Crippen molar-refractivity contribution < 1.29 is 4.79 Å². The van der Waals surface area contributed by atoms with Crippen molar-refractivity contribution in [2.24, 2.45) is 0 Å². The fraction of sp³-hybridized carbons (Fsp3) is 0.346. The number of carbonyl (C=O) groups excluding carboxylic acids is 1. The smallest absolute Gasteiger partial charge is 0.256 e. The van der Waals surface area contributed by atoms with E-state index in [2.05, 4.69) is 58.4 Å². The van der Waals surface area contributed by atoms with Gasteiger partial charge in [0.15, 0.2) is 0 Å². The molecule has 0 N–H and O–H groups in total. The van der Waals surface area contributed by atoms with Crippen LogP contribution in [0.3, 0.4) is 0 Å². The molecular weight excluding hydrogens is 384 g/mol. The summed E-state index contributed by atoms with van der Waals surface area (Å²) in [6.07, 6.45) is 3.92. The Morgan fingerprint density at radius 2 is 1.77 bits per heavy atom. The highest BCUT2D eigenvalue weighted by Crippen LogP contribution is 2.27. The minimum Gasteiger partial charge on any atom is -0.345 e. The molecule has 1 fully saturated rings. The lowest BCUT2D eigenvalue weighted by Crippen LogP contribution is -2.34. The molecule has 2 heterocycles. The van der Waals surface area contributed by atoms with Gasteiger partial charge in [0.05, 0.1) is 11.3 Å². The molecule has 0 aliphatic carbocycles. The van der Waals surface area contributed by atoms with Crippen LogP contribution in [-0.2, 0) is 6.54 Å². The minimum atomic E-state index is -0.0479. The lowest BCUT2D eigenvalue weighted by molar-refractivity contribution is 0.0825. The Labute approximate surface area is 184 Å². The molecule has 160 valence electrons. The van der Waals surface area contributed by atoms with Crippen LogP contribution in [0.2, 0.25) is 0 Å². The topological polar surface area (TPSA) is 49.3 Å². The largest absolute Gasteiger partial charge is 0.345 e. The molecule has 1 unspecified atom stereocenters. The number of benzene rings is 2. The Morgan fingerprint density at radius 1 is 1.06 bits per heavy atom. The van der Waals surface area contributed by atoms with E-state index in [0.717, 1.165) is 44.0 Å². The molecule has 1 atom stereocenters. The second-order valence-corrected chi connectivity index (χ2v) is 8.56. The zero-order chi connectivity index (χ0) is 21.8. The number of amides is 1. The van der Waals surface area contributed by atoms with Gasteiger partial charge in [0.25, 0.3) is 5.91 Å². The number of piperidine rings is 1. The van der Waals surface area contributed by atoms with Gasteiger partial charge in [-0.25, -0.2) is 9.97 Å². The second-order valence-electron chi connectivity index (χ2n) is 8.56. The van der Waals surface area contributed by atoms with Crippen molar-refractivity contribution in [1.29, 1.82) is 0 Å². The third-order valence-electron chi connectivity index (χ3n) is 5.97. The maximum atomic E-state index is 12.3. The van der Waals surface area contributed by atoms with Crippen LogP contribution in [0.4, 0.5) is 0 Å². The SMILES string of the molecule is Cc1nc(C2CCCN(Cc3ccc(-c4ccccc4)cc3)C2)ncc1C(=O)N(C)C. The van der Waals surface area contributed by atoms with Crippen molar-refractivity contribution in [1.82, 2.24) is 19.8 Å². The Balaban J connectivity index is 1.42. The van der Waals surface area contributed by atoms with Gasteiger partial charge >= 0.3 is 0 Å². The first-order chi connectivity index (χ1) is 15.0. The number of nitrogens with zero attached hydrogens (tertiary/aromatic N) is 4. The minimum absolute atomic E-state index is 0.0479. The Bertz CT molecular complexity index is 1030. The van der Waals surface area contributed by atoms with E-state index in [1.54, 1.807) is 25.2 Å². The van der Waals surface area contributed by atoms with Gasteiger partial charge in [-0.2, -0.15) is 0 Å². The van der Waals surface area contributed by atoms with Gasteiger partial charge in [0.1, 0.15) is 5.82 Å². The van der Waals surface area contributed by atoms with E-state index in [1.807, 2.05) is 13.0 Å². The maximum absolute atomic E-state index is 12.3. The molecule has 4 rings (SSSR count). The Kier molecular flexibility index (Phi) is 6.42. The van der Waals surface area contributed by atoms with Crippen LogP contribution in [0, 0.1) is 6.92 Å². The average molecular weight is 415 g/mol. The van der Waals surface area contributed by atoms with E-state index in [0.29, 0.717) is 11.5 Å². The quantitative estimate of drug-likeness (QED) is 0.615. The van der Waals surface area contributed by atoms with E-state index in [9.17, 15) is 4.79 Å². The summed E-state index contributed by atoms with van der Waals surface area (Å²) < 4.78 is 0. The summed E-state index contributed by atoms with van der Waals surface area (Å²) in [6.45, 7) is 4.87. The number of carbonyl (C=O) groups is 1. The second kappa shape index (κ2) is 9.40. The molecule has 2 aromatic carbocycles. The molecule has 1 aliphatic rings. The predicted octanol–water partition coefficient (Wildman–Crippen LogP) is 4.53. The fourth-order valence-corrected chi connectivity index (χ4v) is 4.23. The van der Waals surface area contributed by atoms with Gasteiger partial charge in [-0.15, -0.1) is 0 Å². The van der Waals surface area contributed by atoms with E-state index < -0.39 is 0 Å². The molecule has 1 aliphatic heterocycles. The van der Waals surface area contributed by atoms with Crippen LogP contribution >= 0.6 is 0 Å². The molecular formula is C26H30N4O. The highest BCUT2D eigenvalue weighted by atomic mass is 16.2. The number of likely N-dealkylation sites (tertiary alicyclic amines) is 1. The molecule has 5 heteroatoms. The summed E-state index contributed by atoms with van der Waals surface area (Å²) in [5.74, 6) is 1.12. The van der Waals surface area contributed by atoms with Crippen LogP contribution in [-0.4, -0.2) is 52.9 Å². The number of hydrogen-bond donors (Lipinski definition) is 0. The third kappa shape index (κ3) is 5.00. The van der Waals surface area contributed by atoms with Gasteiger partial charge in [-0.05, 0) is 43.0 Å². The third-order valence-corrected chi connectivity index (χ3v) is 5.97. The lowest BCUT2D eigenvalue weighted by Gasteiger charge is -2.32. The average Bonchev–Trinajstić information content (AvgIpc) is 2.80. The maximum Gasteiger partial charge on any atom is 0.256 e. The van der Waals surface area contributed by atoms with Crippen molar-refractivity contribution in [3.8, 4) is 11.1 Å². The van der Waals surface area contributed by atoms with Crippen LogP contribution < -0.4 is 0 Å². The molecule has 1 saturated heterocycles. The first-order valence-electron chi connectivity index (χ1n) is 10.9. The zero-order valence-electron chi connectivity index (χ0n) is 18.6. The van der Waals surface area contributed by atoms with E-state index in [-0.39, 0.29) is 5.91 Å². The number of rotatable bonds is 5. The summed E-state index contributed by atoms with van der Waals surface area (Å²) in [6, 6.07) is 19.4. The van der Waals surface area contributed by atoms with Crippen molar-refractivity contribution in [2.45, 2.75) is 32.2 Å². The van der Waals surface area contributed by atoms with Gasteiger partial charge in [-0.1, -0.05) is 54.6 Å². The molecule has 3 aromatic rings. The first-order valence-corrected chi connectivity index (χ1v) is 10.9. The summed E-state index contributed by atoms with van der Waals surface area (Å²) >= 11 is 0. The van der Waals surface area contributed by atoms with E-state index >= 15 is 0 Å². The Morgan fingerprint density at radius 3 is 2.45 bits per heavy atom. The van der Waals surface area contributed by atoms with Crippen molar-refractivity contribution in [3.05, 3.63) is 83.4 Å². The summed E-state index contributed by atoms with van der Waals surface area (Å²) in [4.78, 5) is 25.6. The predicted molar refractivity (Wildman–Crippen MR) is 124 cm³/mol. The highest BCUT2D eigenvalue weighted by molar-refractivity contribution is 5.94. The number of aryl methyl sites for hydroxylation is 1. The normalized spacial score (nSPS) is 16.8. The summed E-state index contributed by atoms with van der Waals surface area (Å²) in [5.41, 5.74) is 5.16. The zero-order valence-corrected chi connectivity index (χ0v) is 18.6. The highest BCUT2D eigenvalue weighted by Gasteiger charge is 2.25. The molecule has 0 saturated carbocycles. The molecule has 0 radical (unpaired) electrons. The lowest BCUT2D eigenvalue weighted by atomic mass is 9.96. The monoisotopic (exact) mass is 414 g/mol. The fourth-order valence-electron chi connectivity index (χ4n) is 4.23. The van der Waals surface area contributed by atoms with Crippen LogP contribution in [0.1, 0.15) is 46.2 Å². The van der Waals surface area contributed by atoms with Gasteiger partial charge < -0.3 is 4.90 Å². The van der Waals surface area contributed by atoms with Crippen LogP contribution in [0.25, 0.3) is 11.1 Å². The summed E-state index contributed by atoms with van der Waals surface area (Å²) in [7, 11) is 3.50. The van der Waals surface area contributed by atoms with Crippen molar-refractivity contribution in [3.63, 3.8) is 0 Å². The van der Waals surface area contributed by atoms with Crippen molar-refractivity contribution in [2.75, 3.05) is 27.2 Å². The number of aromatic nitrogens is 2. The first kappa shape index (κ1) is 21.2. The molecule has 5 nitrogen and oxygen atoms in total. The number of hydrogen-bond acceptors (Lipinski definition) is 4. The van der Waals surface area contributed by atoms with Crippen molar-refractivity contribution >= 4 is 5.91 Å². The molecule has 0 bridgehead atoms. The standard InChI is InChI=1S/C26H30N4O/c1-19-24(26(31)29(2)3)16-27-25(28-19)23-10-7-15-30(18-23)17-20-11-13-22(14-12-20)21-8-5-4-6-9-21/h4-6,8-9,11-14,16,23H,7,10,15,17-18H2,1-3H3. The van der Waals surface area contributed by atoms with Crippen LogP contribution in [0.15, 0.2) is 60.8 Å². The van der Waals surface area contributed by atoms with Gasteiger partial charge in [0.2, 0.25) is 0 Å². The summed E-state index contributed by atoms with van der Waals surface area (Å²) in [5, 5.41) is 0.